The summed E-state index contributed by atoms with van der Waals surface area (Å²) in [7, 11) is 0. The molecule has 2 rings (SSSR count). The molecule has 0 unspecified atom stereocenters. The van der Waals surface area contributed by atoms with Crippen molar-refractivity contribution in [3.05, 3.63) is 65.2 Å². The third kappa shape index (κ3) is 4.63. The van der Waals surface area contributed by atoms with Crippen molar-refractivity contribution in [2.75, 3.05) is 5.73 Å². The van der Waals surface area contributed by atoms with Crippen LogP contribution in [0.15, 0.2) is 48.5 Å². The van der Waals surface area contributed by atoms with E-state index < -0.39 is 0 Å². The van der Waals surface area contributed by atoms with Crippen LogP contribution in [-0.2, 0) is 11.2 Å². The fraction of sp³-hybridized carbons (Fsp3) is 0.278. The fourth-order valence-electron chi connectivity index (χ4n) is 2.34. The highest BCUT2D eigenvalue weighted by Crippen LogP contribution is 2.14. The van der Waals surface area contributed by atoms with E-state index in [1.54, 1.807) is 0 Å². The first-order valence-electron chi connectivity index (χ1n) is 7.25. The van der Waals surface area contributed by atoms with Crippen LogP contribution in [0, 0.1) is 6.92 Å². The molecule has 0 saturated carbocycles. The van der Waals surface area contributed by atoms with E-state index in [9.17, 15) is 4.79 Å². The zero-order chi connectivity index (χ0) is 15.2. The molecule has 1 amide bonds. The van der Waals surface area contributed by atoms with E-state index in [4.69, 9.17) is 5.73 Å². The zero-order valence-electron chi connectivity index (χ0n) is 12.6. The van der Waals surface area contributed by atoms with Gasteiger partial charge in [0.15, 0.2) is 0 Å². The average Bonchev–Trinajstić information content (AvgIpc) is 2.45. The third-order valence-electron chi connectivity index (χ3n) is 3.51. The topological polar surface area (TPSA) is 55.1 Å². The van der Waals surface area contributed by atoms with Gasteiger partial charge < -0.3 is 11.1 Å². The van der Waals surface area contributed by atoms with Crippen LogP contribution in [0.4, 0.5) is 5.69 Å². The molecule has 0 aromatic heterocycles. The summed E-state index contributed by atoms with van der Waals surface area (Å²) in [4.78, 5) is 12.0. The maximum absolute atomic E-state index is 12.0. The number of carbonyl (C=O) groups is 1. The van der Waals surface area contributed by atoms with Crippen molar-refractivity contribution in [3.8, 4) is 0 Å². The quantitative estimate of drug-likeness (QED) is 0.826. The highest BCUT2D eigenvalue weighted by Gasteiger charge is 2.09. The number of benzene rings is 2. The summed E-state index contributed by atoms with van der Waals surface area (Å²) in [6, 6.07) is 15.9. The van der Waals surface area contributed by atoms with Gasteiger partial charge in [0.05, 0.1) is 6.04 Å². The summed E-state index contributed by atoms with van der Waals surface area (Å²) < 4.78 is 0. The molecule has 21 heavy (non-hydrogen) atoms. The summed E-state index contributed by atoms with van der Waals surface area (Å²) in [5.41, 5.74) is 9.90. The van der Waals surface area contributed by atoms with Crippen LogP contribution in [0.5, 0.6) is 0 Å². The van der Waals surface area contributed by atoms with Crippen molar-refractivity contribution in [2.24, 2.45) is 0 Å². The van der Waals surface area contributed by atoms with Gasteiger partial charge in [-0.3, -0.25) is 4.79 Å². The molecule has 0 radical (unpaired) electrons. The lowest BCUT2D eigenvalue weighted by Gasteiger charge is -2.15. The van der Waals surface area contributed by atoms with Crippen molar-refractivity contribution in [1.29, 1.82) is 0 Å². The summed E-state index contributed by atoms with van der Waals surface area (Å²) in [5.74, 6) is 0.0615. The Kier molecular flexibility index (Phi) is 4.99. The molecule has 0 bridgehead atoms. The Bertz CT molecular complexity index is 622. The van der Waals surface area contributed by atoms with E-state index in [0.29, 0.717) is 12.8 Å². The number of hydrogen-bond donors (Lipinski definition) is 2. The number of carbonyl (C=O) groups excluding carboxylic acids is 1. The van der Waals surface area contributed by atoms with E-state index in [0.717, 1.165) is 16.8 Å². The number of nitrogens with one attached hydrogen (secondary N) is 1. The summed E-state index contributed by atoms with van der Waals surface area (Å²) in [5, 5.41) is 3.04. The normalized spacial score (nSPS) is 11.9. The van der Waals surface area contributed by atoms with Crippen LogP contribution in [0.3, 0.4) is 0 Å². The number of rotatable bonds is 5. The maximum atomic E-state index is 12.0. The first-order valence-corrected chi connectivity index (χ1v) is 7.25. The Labute approximate surface area is 126 Å². The van der Waals surface area contributed by atoms with Crippen molar-refractivity contribution >= 4 is 11.6 Å². The summed E-state index contributed by atoms with van der Waals surface area (Å²) in [6.07, 6.45) is 1.18. The molecule has 3 heteroatoms. The number of aryl methyl sites for hydroxylation is 2. The number of anilines is 1. The zero-order valence-corrected chi connectivity index (χ0v) is 12.6. The lowest BCUT2D eigenvalue weighted by atomic mass is 10.0. The second-order valence-electron chi connectivity index (χ2n) is 5.45. The van der Waals surface area contributed by atoms with E-state index >= 15 is 0 Å². The van der Waals surface area contributed by atoms with Crippen molar-refractivity contribution in [2.45, 2.75) is 32.7 Å². The molecule has 0 aliphatic carbocycles. The Morgan fingerprint density at radius 3 is 2.67 bits per heavy atom. The minimum atomic E-state index is 0.0262. The van der Waals surface area contributed by atoms with Gasteiger partial charge >= 0.3 is 0 Å². The number of amides is 1. The second-order valence-corrected chi connectivity index (χ2v) is 5.45. The predicted octanol–water partition coefficient (Wildman–Crippen LogP) is 3.39. The first-order chi connectivity index (χ1) is 10.0. The van der Waals surface area contributed by atoms with Gasteiger partial charge in [0, 0.05) is 12.1 Å². The molecular formula is C18H22N2O. The van der Waals surface area contributed by atoms with Crippen molar-refractivity contribution in [1.82, 2.24) is 5.32 Å². The van der Waals surface area contributed by atoms with Gasteiger partial charge in [-0.15, -0.1) is 0 Å². The monoisotopic (exact) mass is 282 g/mol. The molecular weight excluding hydrogens is 260 g/mol. The summed E-state index contributed by atoms with van der Waals surface area (Å²) in [6.45, 7) is 4.06. The minimum absolute atomic E-state index is 0.0262. The third-order valence-corrected chi connectivity index (χ3v) is 3.51. The standard InChI is InChI=1S/C18H22N2O/c1-13-5-3-7-16(11-13)14(2)20-18(21)10-9-15-6-4-8-17(19)12-15/h3-8,11-12,14H,9-10,19H2,1-2H3,(H,20,21)/t14-/m1/s1. The largest absolute Gasteiger partial charge is 0.399 e. The molecule has 3 N–H and O–H groups in total. The van der Waals surface area contributed by atoms with Crippen molar-refractivity contribution < 1.29 is 4.79 Å². The van der Waals surface area contributed by atoms with Gasteiger partial charge in [-0.25, -0.2) is 0 Å². The Balaban J connectivity index is 1.87. The second kappa shape index (κ2) is 6.93. The lowest BCUT2D eigenvalue weighted by molar-refractivity contribution is -0.121. The molecule has 2 aromatic rings. The van der Waals surface area contributed by atoms with Crippen LogP contribution in [0.2, 0.25) is 0 Å². The lowest BCUT2D eigenvalue weighted by Crippen LogP contribution is -2.26. The first kappa shape index (κ1) is 15.1. The molecule has 2 aromatic carbocycles. The molecule has 3 nitrogen and oxygen atoms in total. The number of hydrogen-bond acceptors (Lipinski definition) is 2. The molecule has 0 fully saturated rings. The molecule has 110 valence electrons. The van der Waals surface area contributed by atoms with Gasteiger partial charge in [-0.2, -0.15) is 0 Å². The van der Waals surface area contributed by atoms with E-state index in [2.05, 4.69) is 24.4 Å². The van der Waals surface area contributed by atoms with Crippen molar-refractivity contribution in [3.63, 3.8) is 0 Å². The Morgan fingerprint density at radius 1 is 1.19 bits per heavy atom. The Morgan fingerprint density at radius 2 is 1.95 bits per heavy atom. The van der Waals surface area contributed by atoms with Crippen LogP contribution in [0.1, 0.15) is 36.1 Å². The van der Waals surface area contributed by atoms with Gasteiger partial charge in [0.1, 0.15) is 0 Å². The molecule has 0 saturated heterocycles. The van der Waals surface area contributed by atoms with E-state index in [-0.39, 0.29) is 11.9 Å². The van der Waals surface area contributed by atoms with Gasteiger partial charge in [0.2, 0.25) is 5.91 Å². The highest BCUT2D eigenvalue weighted by molar-refractivity contribution is 5.76. The smallest absolute Gasteiger partial charge is 0.220 e. The average molecular weight is 282 g/mol. The summed E-state index contributed by atoms with van der Waals surface area (Å²) >= 11 is 0. The number of nitrogens with two attached hydrogens (primary N) is 1. The number of nitrogen functional groups attached to an aromatic ring is 1. The van der Waals surface area contributed by atoms with Gasteiger partial charge in [0.25, 0.3) is 0 Å². The van der Waals surface area contributed by atoms with Crippen LogP contribution in [-0.4, -0.2) is 5.91 Å². The highest BCUT2D eigenvalue weighted by atomic mass is 16.1. The van der Waals surface area contributed by atoms with Crippen LogP contribution >= 0.6 is 0 Å². The molecule has 0 aliphatic heterocycles. The van der Waals surface area contributed by atoms with Crippen LogP contribution < -0.4 is 11.1 Å². The minimum Gasteiger partial charge on any atom is -0.399 e. The molecule has 0 heterocycles. The van der Waals surface area contributed by atoms with Crippen LogP contribution in [0.25, 0.3) is 0 Å². The van der Waals surface area contributed by atoms with E-state index in [1.807, 2.05) is 43.3 Å². The predicted molar refractivity (Wildman–Crippen MR) is 86.9 cm³/mol. The SMILES string of the molecule is Cc1cccc([C@@H](C)NC(=O)CCc2cccc(N)c2)c1. The van der Waals surface area contributed by atoms with Gasteiger partial charge in [-0.1, -0.05) is 42.0 Å². The van der Waals surface area contributed by atoms with E-state index in [1.165, 1.54) is 5.56 Å². The molecule has 0 aliphatic rings. The molecule has 1 atom stereocenters. The Hall–Kier alpha value is -2.29. The maximum Gasteiger partial charge on any atom is 0.220 e. The molecule has 0 spiro atoms. The fourth-order valence-corrected chi connectivity index (χ4v) is 2.34. The van der Waals surface area contributed by atoms with Gasteiger partial charge in [-0.05, 0) is 43.5 Å².